The zero-order valence-electron chi connectivity index (χ0n) is 12.5. The molecule has 0 radical (unpaired) electrons. The van der Waals surface area contributed by atoms with Crippen LogP contribution in [0.2, 0.25) is 0 Å². The van der Waals surface area contributed by atoms with Crippen molar-refractivity contribution in [2.24, 2.45) is 0 Å². The van der Waals surface area contributed by atoms with Gasteiger partial charge in [-0.15, -0.1) is 0 Å². The van der Waals surface area contributed by atoms with Crippen molar-refractivity contribution in [1.82, 2.24) is 5.32 Å². The predicted molar refractivity (Wildman–Crippen MR) is 81.0 cm³/mol. The number of hydrogen-bond acceptors (Lipinski definition) is 2. The van der Waals surface area contributed by atoms with E-state index in [-0.39, 0.29) is 0 Å². The van der Waals surface area contributed by atoms with Gasteiger partial charge in [-0.2, -0.15) is 0 Å². The van der Waals surface area contributed by atoms with Gasteiger partial charge < -0.3 is 10.1 Å². The second-order valence-corrected chi connectivity index (χ2v) is 5.96. The number of aryl methyl sites for hydroxylation is 1. The monoisotopic (exact) mass is 261 g/mol. The molecule has 0 aromatic heterocycles. The number of piperidine rings is 1. The Kier molecular flexibility index (Phi) is 5.26. The fourth-order valence-electron chi connectivity index (χ4n) is 2.88. The molecule has 2 rings (SSSR count). The normalized spacial score (nSPS) is 19.7. The first-order chi connectivity index (χ1) is 9.16. The van der Waals surface area contributed by atoms with E-state index in [9.17, 15) is 0 Å². The largest absolute Gasteiger partial charge is 0.494 e. The smallest absolute Gasteiger partial charge is 0.119 e. The first-order valence-corrected chi connectivity index (χ1v) is 7.63. The molecule has 2 nitrogen and oxygen atoms in total. The van der Waals surface area contributed by atoms with Crippen LogP contribution in [0.3, 0.4) is 0 Å². The van der Waals surface area contributed by atoms with Crippen LogP contribution in [0.1, 0.15) is 56.6 Å². The van der Waals surface area contributed by atoms with E-state index in [2.05, 4.69) is 44.3 Å². The second kappa shape index (κ2) is 6.95. The third-order valence-corrected chi connectivity index (χ3v) is 4.01. The molecule has 2 heteroatoms. The van der Waals surface area contributed by atoms with E-state index < -0.39 is 0 Å². The number of rotatable bonds is 5. The van der Waals surface area contributed by atoms with Crippen LogP contribution in [0.4, 0.5) is 0 Å². The molecule has 1 saturated heterocycles. The van der Waals surface area contributed by atoms with Crippen molar-refractivity contribution >= 4 is 0 Å². The minimum absolute atomic E-state index is 0.584. The van der Waals surface area contributed by atoms with Gasteiger partial charge in [-0.25, -0.2) is 0 Å². The molecule has 1 aliphatic rings. The topological polar surface area (TPSA) is 21.3 Å². The summed E-state index contributed by atoms with van der Waals surface area (Å²) in [5.41, 5.74) is 2.75. The highest BCUT2D eigenvalue weighted by Crippen LogP contribution is 2.23. The quantitative estimate of drug-likeness (QED) is 0.864. The van der Waals surface area contributed by atoms with Crippen LogP contribution in [0.5, 0.6) is 5.75 Å². The van der Waals surface area contributed by atoms with Crippen LogP contribution in [0.15, 0.2) is 18.2 Å². The lowest BCUT2D eigenvalue weighted by Crippen LogP contribution is -2.35. The fraction of sp³-hybridized carbons (Fsp3) is 0.647. The van der Waals surface area contributed by atoms with Gasteiger partial charge in [-0.05, 0) is 61.9 Å². The molecule has 19 heavy (non-hydrogen) atoms. The first-order valence-electron chi connectivity index (χ1n) is 7.63. The molecule has 1 aromatic rings. The van der Waals surface area contributed by atoms with Crippen molar-refractivity contribution < 1.29 is 4.74 Å². The lowest BCUT2D eigenvalue weighted by molar-refractivity contribution is 0.268. The van der Waals surface area contributed by atoms with Gasteiger partial charge in [0.25, 0.3) is 0 Å². The number of nitrogens with one attached hydrogen (secondary N) is 1. The molecule has 1 aliphatic heterocycles. The highest BCUT2D eigenvalue weighted by atomic mass is 16.5. The Morgan fingerprint density at radius 2 is 2.16 bits per heavy atom. The summed E-state index contributed by atoms with van der Waals surface area (Å²) < 4.78 is 5.88. The summed E-state index contributed by atoms with van der Waals surface area (Å²) >= 11 is 0. The number of benzene rings is 1. The highest BCUT2D eigenvalue weighted by molar-refractivity contribution is 5.36. The third-order valence-electron chi connectivity index (χ3n) is 4.01. The molecule has 1 heterocycles. The van der Waals surface area contributed by atoms with E-state index in [4.69, 9.17) is 4.74 Å². The summed E-state index contributed by atoms with van der Waals surface area (Å²) in [6.07, 6.45) is 5.10. The molecular weight excluding hydrogens is 234 g/mol. The van der Waals surface area contributed by atoms with Gasteiger partial charge in [0.15, 0.2) is 0 Å². The molecule has 0 amide bonds. The summed E-state index contributed by atoms with van der Waals surface area (Å²) in [7, 11) is 0. The van der Waals surface area contributed by atoms with Crippen LogP contribution in [-0.2, 0) is 0 Å². The first kappa shape index (κ1) is 14.4. The van der Waals surface area contributed by atoms with Gasteiger partial charge in [0.2, 0.25) is 0 Å². The zero-order valence-corrected chi connectivity index (χ0v) is 12.5. The van der Waals surface area contributed by atoms with Gasteiger partial charge >= 0.3 is 0 Å². The fourth-order valence-corrected chi connectivity index (χ4v) is 2.88. The molecule has 0 bridgehead atoms. The van der Waals surface area contributed by atoms with Gasteiger partial charge in [-0.3, -0.25) is 0 Å². The Balaban J connectivity index is 1.81. The lowest BCUT2D eigenvalue weighted by atomic mass is 9.98. The predicted octanol–water partition coefficient (Wildman–Crippen LogP) is 4.03. The lowest BCUT2D eigenvalue weighted by Gasteiger charge is -2.23. The maximum atomic E-state index is 5.88. The van der Waals surface area contributed by atoms with Crippen molar-refractivity contribution in [2.75, 3.05) is 13.2 Å². The van der Waals surface area contributed by atoms with E-state index in [1.54, 1.807) is 0 Å². The number of ether oxygens (including phenoxy) is 1. The summed E-state index contributed by atoms with van der Waals surface area (Å²) in [6.45, 7) is 8.63. The summed E-state index contributed by atoms with van der Waals surface area (Å²) in [5, 5.41) is 3.56. The van der Waals surface area contributed by atoms with Gasteiger partial charge in [-0.1, -0.05) is 26.3 Å². The minimum atomic E-state index is 0.584. The average Bonchev–Trinajstić information content (AvgIpc) is 2.39. The molecule has 0 unspecified atom stereocenters. The van der Waals surface area contributed by atoms with Crippen LogP contribution in [-0.4, -0.2) is 19.2 Å². The minimum Gasteiger partial charge on any atom is -0.494 e. The maximum absolute atomic E-state index is 5.88. The molecule has 1 N–H and O–H groups in total. The van der Waals surface area contributed by atoms with Crippen LogP contribution in [0, 0.1) is 6.92 Å². The van der Waals surface area contributed by atoms with Crippen molar-refractivity contribution in [3.63, 3.8) is 0 Å². The molecular formula is C17H27NO. The Labute approximate surface area is 117 Å². The van der Waals surface area contributed by atoms with Crippen molar-refractivity contribution in [2.45, 2.75) is 58.4 Å². The zero-order chi connectivity index (χ0) is 13.7. The standard InChI is InChI=1S/C17H27NO/c1-13(2)17-8-7-16(12-14(17)3)19-11-9-15-6-4-5-10-18-15/h7-8,12-13,15,18H,4-6,9-11H2,1-3H3/t15-/m0/s1. The number of hydrogen-bond donors (Lipinski definition) is 1. The Morgan fingerprint density at radius 3 is 2.79 bits per heavy atom. The summed E-state index contributed by atoms with van der Waals surface area (Å²) in [5.74, 6) is 1.60. The molecule has 106 valence electrons. The second-order valence-electron chi connectivity index (χ2n) is 5.96. The Morgan fingerprint density at radius 1 is 1.32 bits per heavy atom. The van der Waals surface area contributed by atoms with Crippen molar-refractivity contribution in [3.8, 4) is 5.75 Å². The van der Waals surface area contributed by atoms with Gasteiger partial charge in [0.05, 0.1) is 6.61 Å². The average molecular weight is 261 g/mol. The van der Waals surface area contributed by atoms with Gasteiger partial charge in [0, 0.05) is 6.04 Å². The van der Waals surface area contributed by atoms with Gasteiger partial charge in [0.1, 0.15) is 5.75 Å². The molecule has 1 atom stereocenters. The van der Waals surface area contributed by atoms with Crippen molar-refractivity contribution in [3.05, 3.63) is 29.3 Å². The third kappa shape index (κ3) is 4.24. The molecule has 0 saturated carbocycles. The maximum Gasteiger partial charge on any atom is 0.119 e. The summed E-state index contributed by atoms with van der Waals surface area (Å²) in [4.78, 5) is 0. The van der Waals surface area contributed by atoms with E-state index >= 15 is 0 Å². The molecule has 0 aliphatic carbocycles. The molecule has 1 aromatic carbocycles. The molecule has 0 spiro atoms. The van der Waals surface area contributed by atoms with Crippen LogP contribution < -0.4 is 10.1 Å². The van der Waals surface area contributed by atoms with E-state index in [1.807, 2.05) is 0 Å². The molecule has 1 fully saturated rings. The summed E-state index contributed by atoms with van der Waals surface area (Å²) in [6, 6.07) is 7.14. The SMILES string of the molecule is Cc1cc(OCC[C@@H]2CCCCN2)ccc1C(C)C. The van der Waals surface area contributed by atoms with Crippen LogP contribution in [0.25, 0.3) is 0 Å². The van der Waals surface area contributed by atoms with Crippen molar-refractivity contribution in [1.29, 1.82) is 0 Å². The van der Waals surface area contributed by atoms with E-state index in [0.29, 0.717) is 12.0 Å². The van der Waals surface area contributed by atoms with Crippen LogP contribution >= 0.6 is 0 Å². The Hall–Kier alpha value is -1.02. The van der Waals surface area contributed by atoms with E-state index in [0.717, 1.165) is 18.8 Å². The highest BCUT2D eigenvalue weighted by Gasteiger charge is 2.12. The Bertz CT molecular complexity index is 394. The van der Waals surface area contributed by atoms with E-state index in [1.165, 1.54) is 36.9 Å².